The number of carbonyl (C=O) groups is 2. The molecule has 128 valence electrons. The molecule has 6 heteroatoms. The van der Waals surface area contributed by atoms with Gasteiger partial charge in [-0.3, -0.25) is 19.0 Å². The highest BCUT2D eigenvalue weighted by Crippen LogP contribution is 2.24. The minimum atomic E-state index is -0.520. The molecule has 1 aliphatic carbocycles. The van der Waals surface area contributed by atoms with E-state index >= 15 is 0 Å². The molecule has 0 fully saturated rings. The van der Waals surface area contributed by atoms with Crippen molar-refractivity contribution in [3.63, 3.8) is 0 Å². The van der Waals surface area contributed by atoms with E-state index in [0.29, 0.717) is 41.2 Å². The van der Waals surface area contributed by atoms with Crippen molar-refractivity contribution in [3.8, 4) is 5.69 Å². The highest BCUT2D eigenvalue weighted by Gasteiger charge is 2.26. The smallest absolute Gasteiger partial charge is 0.268 e. The van der Waals surface area contributed by atoms with E-state index in [2.05, 4.69) is 11.9 Å². The second kappa shape index (κ2) is 7.07. The number of Topliss-reactive ketones (excluding diaryl/α,β-unsaturated/α-hetero) is 1. The Bertz CT molecular complexity index is 914. The van der Waals surface area contributed by atoms with E-state index < -0.39 is 11.5 Å². The van der Waals surface area contributed by atoms with Crippen LogP contribution in [0.5, 0.6) is 0 Å². The van der Waals surface area contributed by atoms with Gasteiger partial charge < -0.3 is 5.32 Å². The van der Waals surface area contributed by atoms with Crippen molar-refractivity contribution < 1.29 is 9.59 Å². The van der Waals surface area contributed by atoms with E-state index in [1.807, 2.05) is 0 Å². The van der Waals surface area contributed by atoms with Crippen LogP contribution in [0.15, 0.2) is 47.8 Å². The van der Waals surface area contributed by atoms with Gasteiger partial charge in [-0.1, -0.05) is 17.7 Å². The number of benzene rings is 1. The van der Waals surface area contributed by atoms with E-state index in [9.17, 15) is 14.4 Å². The van der Waals surface area contributed by atoms with E-state index in [1.165, 1.54) is 16.7 Å². The second-order valence-electron chi connectivity index (χ2n) is 5.81. The van der Waals surface area contributed by atoms with Gasteiger partial charge in [-0.25, -0.2) is 0 Å². The predicted molar refractivity (Wildman–Crippen MR) is 96.8 cm³/mol. The minimum absolute atomic E-state index is 0.0502. The monoisotopic (exact) mass is 356 g/mol. The second-order valence-corrected chi connectivity index (χ2v) is 6.25. The van der Waals surface area contributed by atoms with E-state index in [1.54, 1.807) is 24.3 Å². The summed E-state index contributed by atoms with van der Waals surface area (Å²) in [5.41, 5.74) is 1.16. The highest BCUT2D eigenvalue weighted by molar-refractivity contribution is 6.30. The Kier molecular flexibility index (Phi) is 4.86. The lowest BCUT2D eigenvalue weighted by Gasteiger charge is -2.21. The lowest BCUT2D eigenvalue weighted by atomic mass is 9.92. The first kappa shape index (κ1) is 17.2. The number of aromatic nitrogens is 1. The third kappa shape index (κ3) is 3.28. The molecular formula is C19H17ClN2O3. The fourth-order valence-electron chi connectivity index (χ4n) is 2.98. The average Bonchev–Trinajstić information content (AvgIpc) is 2.60. The number of rotatable bonds is 4. The number of halogens is 1. The standard InChI is InChI=1S/C19H17ClN2O3/c1-2-10-21-18(24)15-11-14-16(4-3-5-17(14)23)22(19(15)25)13-8-6-12(20)7-9-13/h2,6-9,11H,1,3-5,10H2,(H,21,24). The van der Waals surface area contributed by atoms with Crippen molar-refractivity contribution in [2.75, 3.05) is 6.54 Å². The van der Waals surface area contributed by atoms with Gasteiger partial charge >= 0.3 is 0 Å². The number of amides is 1. The molecule has 0 unspecified atom stereocenters. The van der Waals surface area contributed by atoms with Crippen molar-refractivity contribution >= 4 is 23.3 Å². The Balaban J connectivity index is 2.24. The number of nitrogens with zero attached hydrogens (tertiary/aromatic N) is 1. The first-order chi connectivity index (χ1) is 12.0. The molecule has 5 nitrogen and oxygen atoms in total. The molecule has 0 saturated heterocycles. The molecule has 3 rings (SSSR count). The number of nitrogens with one attached hydrogen (secondary N) is 1. The fraction of sp³-hybridized carbons (Fsp3) is 0.211. The van der Waals surface area contributed by atoms with Crippen LogP contribution in [0.4, 0.5) is 0 Å². The third-order valence-electron chi connectivity index (χ3n) is 4.16. The summed E-state index contributed by atoms with van der Waals surface area (Å²) in [6.45, 7) is 3.78. The van der Waals surface area contributed by atoms with Crippen LogP contribution in [-0.2, 0) is 6.42 Å². The summed E-state index contributed by atoms with van der Waals surface area (Å²) in [6.07, 6.45) is 3.23. The van der Waals surface area contributed by atoms with Gasteiger partial charge in [0.05, 0.1) is 0 Å². The van der Waals surface area contributed by atoms with E-state index in [-0.39, 0.29) is 17.9 Å². The number of hydrogen-bond donors (Lipinski definition) is 1. The number of hydrogen-bond acceptors (Lipinski definition) is 3. The summed E-state index contributed by atoms with van der Waals surface area (Å²) >= 11 is 5.93. The summed E-state index contributed by atoms with van der Waals surface area (Å²) < 4.78 is 1.45. The van der Waals surface area contributed by atoms with Crippen molar-refractivity contribution in [1.29, 1.82) is 0 Å². The molecule has 1 aliphatic rings. The zero-order chi connectivity index (χ0) is 18.0. The topological polar surface area (TPSA) is 68.2 Å². The molecule has 0 spiro atoms. The predicted octanol–water partition coefficient (Wildman–Crippen LogP) is 2.93. The van der Waals surface area contributed by atoms with Gasteiger partial charge in [0, 0.05) is 34.9 Å². The van der Waals surface area contributed by atoms with Crippen molar-refractivity contribution in [2.45, 2.75) is 19.3 Å². The SMILES string of the molecule is C=CCNC(=O)c1cc2c(n(-c3ccc(Cl)cc3)c1=O)CCCC2=O. The van der Waals surface area contributed by atoms with Crippen LogP contribution in [0, 0.1) is 0 Å². The largest absolute Gasteiger partial charge is 0.348 e. The third-order valence-corrected chi connectivity index (χ3v) is 4.41. The first-order valence-corrected chi connectivity index (χ1v) is 8.38. The van der Waals surface area contributed by atoms with Crippen LogP contribution < -0.4 is 10.9 Å². The van der Waals surface area contributed by atoms with Gasteiger partial charge in [-0.05, 0) is 43.2 Å². The van der Waals surface area contributed by atoms with Crippen LogP contribution in [0.1, 0.15) is 39.3 Å². The molecule has 25 heavy (non-hydrogen) atoms. The molecule has 0 aliphatic heterocycles. The molecular weight excluding hydrogens is 340 g/mol. The van der Waals surface area contributed by atoms with Crippen LogP contribution in [0.3, 0.4) is 0 Å². The average molecular weight is 357 g/mol. The minimum Gasteiger partial charge on any atom is -0.348 e. The van der Waals surface area contributed by atoms with E-state index in [4.69, 9.17) is 11.6 Å². The van der Waals surface area contributed by atoms with Gasteiger partial charge in [-0.2, -0.15) is 0 Å². The lowest BCUT2D eigenvalue weighted by molar-refractivity contribution is 0.0956. The molecule has 1 heterocycles. The zero-order valence-electron chi connectivity index (χ0n) is 13.5. The molecule has 1 aromatic heterocycles. The summed E-state index contributed by atoms with van der Waals surface area (Å²) in [5.74, 6) is -0.574. The van der Waals surface area contributed by atoms with Crippen LogP contribution in [0.25, 0.3) is 5.69 Å². The van der Waals surface area contributed by atoms with E-state index in [0.717, 1.165) is 0 Å². The number of ketones is 1. The Morgan fingerprint density at radius 3 is 2.64 bits per heavy atom. The molecule has 1 N–H and O–H groups in total. The zero-order valence-corrected chi connectivity index (χ0v) is 14.3. The molecule has 1 aromatic carbocycles. The van der Waals surface area contributed by atoms with Crippen molar-refractivity contribution in [1.82, 2.24) is 9.88 Å². The fourth-order valence-corrected chi connectivity index (χ4v) is 3.10. The van der Waals surface area contributed by atoms with Crippen molar-refractivity contribution in [3.05, 3.63) is 75.2 Å². The molecule has 0 bridgehead atoms. The van der Waals surface area contributed by atoms with Gasteiger partial charge in [0.25, 0.3) is 11.5 Å². The lowest BCUT2D eigenvalue weighted by Crippen LogP contribution is -2.36. The molecule has 0 atom stereocenters. The van der Waals surface area contributed by atoms with Gasteiger partial charge in [-0.15, -0.1) is 6.58 Å². The van der Waals surface area contributed by atoms with Crippen LogP contribution in [0.2, 0.25) is 5.02 Å². The molecule has 1 amide bonds. The van der Waals surface area contributed by atoms with Crippen molar-refractivity contribution in [2.24, 2.45) is 0 Å². The van der Waals surface area contributed by atoms with Gasteiger partial charge in [0.1, 0.15) is 5.56 Å². The highest BCUT2D eigenvalue weighted by atomic mass is 35.5. The molecule has 0 radical (unpaired) electrons. The summed E-state index contributed by atoms with van der Waals surface area (Å²) in [4.78, 5) is 37.7. The number of pyridine rings is 1. The maximum atomic E-state index is 13.0. The van der Waals surface area contributed by atoms with Crippen LogP contribution >= 0.6 is 11.6 Å². The van der Waals surface area contributed by atoms with Crippen LogP contribution in [-0.4, -0.2) is 22.8 Å². The Hall–Kier alpha value is -2.66. The molecule has 2 aromatic rings. The van der Waals surface area contributed by atoms with Gasteiger partial charge in [0.15, 0.2) is 5.78 Å². The number of fused-ring (bicyclic) bond motifs is 1. The Labute approximate surface area is 149 Å². The number of carbonyl (C=O) groups excluding carboxylic acids is 2. The first-order valence-electron chi connectivity index (χ1n) is 8.00. The quantitative estimate of drug-likeness (QED) is 0.856. The Morgan fingerprint density at radius 1 is 1.24 bits per heavy atom. The summed E-state index contributed by atoms with van der Waals surface area (Å²) in [7, 11) is 0. The summed E-state index contributed by atoms with van der Waals surface area (Å²) in [5, 5.41) is 3.14. The van der Waals surface area contributed by atoms with Gasteiger partial charge in [0.2, 0.25) is 0 Å². The summed E-state index contributed by atoms with van der Waals surface area (Å²) in [6, 6.07) is 8.17. The Morgan fingerprint density at radius 2 is 1.96 bits per heavy atom. The normalized spacial score (nSPS) is 13.2. The maximum absolute atomic E-state index is 13.0. The molecule has 0 saturated carbocycles. The maximum Gasteiger partial charge on any atom is 0.268 e.